The molecular weight excluding hydrogens is 350 g/mol. The second-order valence-electron chi connectivity index (χ2n) is 7.39. The number of piperidine rings is 1. The summed E-state index contributed by atoms with van der Waals surface area (Å²) in [6.07, 6.45) is -0.326. The lowest BCUT2D eigenvalue weighted by Gasteiger charge is -2.32. The highest BCUT2D eigenvalue weighted by atomic mass is 16.5. The normalized spacial score (nSPS) is 23.4. The third kappa shape index (κ3) is 3.93. The second-order valence-corrected chi connectivity index (χ2v) is 7.39. The SMILES string of the molecule is [2H]C([2H])(C1CCN(C([2H])([2H])c2ccccc2)CC1)C1Cc2cc(OC)c(OC)cc2C1=O. The van der Waals surface area contributed by atoms with Gasteiger partial charge in [-0.1, -0.05) is 30.3 Å². The first-order valence-corrected chi connectivity index (χ1v) is 9.79. The summed E-state index contributed by atoms with van der Waals surface area (Å²) >= 11 is 0. The minimum atomic E-state index is -1.68. The third-order valence-electron chi connectivity index (χ3n) is 5.61. The van der Waals surface area contributed by atoms with Gasteiger partial charge in [0.2, 0.25) is 0 Å². The minimum Gasteiger partial charge on any atom is -0.493 e. The number of carbonyl (C=O) groups is 1. The van der Waals surface area contributed by atoms with Gasteiger partial charge in [0.1, 0.15) is 0 Å². The zero-order chi connectivity index (χ0) is 23.1. The molecule has 1 fully saturated rings. The molecule has 2 aromatic carbocycles. The Balaban J connectivity index is 1.48. The summed E-state index contributed by atoms with van der Waals surface area (Å²) in [5.41, 5.74) is 1.90. The van der Waals surface area contributed by atoms with E-state index in [4.69, 9.17) is 15.0 Å². The maximum atomic E-state index is 13.2. The van der Waals surface area contributed by atoms with E-state index in [9.17, 15) is 4.79 Å². The Kier molecular flexibility index (Phi) is 4.37. The van der Waals surface area contributed by atoms with Crippen LogP contribution < -0.4 is 9.47 Å². The van der Waals surface area contributed by atoms with Gasteiger partial charge in [0.05, 0.1) is 14.2 Å². The average Bonchev–Trinajstić information content (AvgIpc) is 3.14. The van der Waals surface area contributed by atoms with Crippen molar-refractivity contribution in [3.05, 3.63) is 59.2 Å². The molecule has 0 N–H and O–H groups in total. The molecule has 28 heavy (non-hydrogen) atoms. The minimum absolute atomic E-state index is 0.187. The van der Waals surface area contributed by atoms with Crippen LogP contribution in [0.3, 0.4) is 0 Å². The molecule has 2 aliphatic rings. The van der Waals surface area contributed by atoms with E-state index in [0.29, 0.717) is 55.0 Å². The molecule has 1 heterocycles. The van der Waals surface area contributed by atoms with Crippen LogP contribution in [0, 0.1) is 11.8 Å². The zero-order valence-corrected chi connectivity index (χ0v) is 16.4. The molecule has 1 aliphatic carbocycles. The molecule has 1 atom stereocenters. The molecular formula is C24H29NO3. The van der Waals surface area contributed by atoms with Crippen molar-refractivity contribution in [1.29, 1.82) is 0 Å². The van der Waals surface area contributed by atoms with Gasteiger partial charge in [-0.3, -0.25) is 9.69 Å². The molecule has 0 spiro atoms. The third-order valence-corrected chi connectivity index (χ3v) is 5.61. The monoisotopic (exact) mass is 383 g/mol. The molecule has 2 aromatic rings. The van der Waals surface area contributed by atoms with E-state index in [1.165, 1.54) is 7.11 Å². The van der Waals surface area contributed by atoms with Gasteiger partial charge in [0, 0.05) is 23.5 Å². The molecule has 1 unspecified atom stereocenters. The van der Waals surface area contributed by atoms with Crippen LogP contribution in [0.4, 0.5) is 0 Å². The number of hydrogen-bond donors (Lipinski definition) is 0. The fourth-order valence-corrected chi connectivity index (χ4v) is 4.09. The highest BCUT2D eigenvalue weighted by Crippen LogP contribution is 2.39. The number of fused-ring (bicyclic) bond motifs is 1. The molecule has 1 saturated heterocycles. The summed E-state index contributed by atoms with van der Waals surface area (Å²) in [6.45, 7) is -0.714. The summed E-state index contributed by atoms with van der Waals surface area (Å²) < 4.78 is 45.6. The Hall–Kier alpha value is -2.33. The van der Waals surface area contributed by atoms with Gasteiger partial charge in [0.15, 0.2) is 17.3 Å². The number of carbonyl (C=O) groups excluding carboxylic acids is 1. The lowest BCUT2D eigenvalue weighted by Crippen LogP contribution is -2.34. The predicted octanol–water partition coefficient (Wildman–Crippen LogP) is 4.36. The summed E-state index contributed by atoms with van der Waals surface area (Å²) in [5, 5.41) is 0. The smallest absolute Gasteiger partial charge is 0.166 e. The van der Waals surface area contributed by atoms with Gasteiger partial charge in [-0.05, 0) is 67.9 Å². The van der Waals surface area contributed by atoms with Crippen LogP contribution >= 0.6 is 0 Å². The van der Waals surface area contributed by atoms with Crippen molar-refractivity contribution in [2.75, 3.05) is 27.3 Å². The molecule has 0 saturated carbocycles. The number of benzene rings is 2. The van der Waals surface area contributed by atoms with Crippen LogP contribution in [0.1, 0.15) is 46.2 Å². The Labute approximate surface area is 173 Å². The molecule has 148 valence electrons. The van der Waals surface area contributed by atoms with Gasteiger partial charge in [-0.2, -0.15) is 0 Å². The Morgan fingerprint density at radius 2 is 1.75 bits per heavy atom. The van der Waals surface area contributed by atoms with E-state index < -0.39 is 18.8 Å². The van der Waals surface area contributed by atoms with Gasteiger partial charge < -0.3 is 9.47 Å². The summed E-state index contributed by atoms with van der Waals surface area (Å²) in [6, 6.07) is 12.5. The second kappa shape index (κ2) is 8.36. The maximum Gasteiger partial charge on any atom is 0.166 e. The Bertz CT molecular complexity index is 988. The number of nitrogens with zero attached hydrogens (tertiary/aromatic N) is 1. The molecule has 0 amide bonds. The zero-order valence-electron chi connectivity index (χ0n) is 20.4. The Morgan fingerprint density at radius 3 is 2.43 bits per heavy atom. The van der Waals surface area contributed by atoms with Crippen molar-refractivity contribution in [2.24, 2.45) is 11.8 Å². The van der Waals surface area contributed by atoms with Crippen LogP contribution in [0.2, 0.25) is 0 Å². The number of likely N-dealkylation sites (tertiary alicyclic amines) is 1. The van der Waals surface area contributed by atoms with Crippen LogP contribution in [-0.4, -0.2) is 38.0 Å². The van der Waals surface area contributed by atoms with Crippen molar-refractivity contribution in [1.82, 2.24) is 4.90 Å². The molecule has 4 nitrogen and oxygen atoms in total. The topological polar surface area (TPSA) is 38.8 Å². The van der Waals surface area contributed by atoms with Crippen molar-refractivity contribution < 1.29 is 19.8 Å². The van der Waals surface area contributed by atoms with Crippen LogP contribution in [0.5, 0.6) is 11.5 Å². The van der Waals surface area contributed by atoms with E-state index in [2.05, 4.69) is 0 Å². The predicted molar refractivity (Wildman–Crippen MR) is 110 cm³/mol. The number of methoxy groups -OCH3 is 2. The number of ether oxygens (including phenoxy) is 2. The van der Waals surface area contributed by atoms with Crippen molar-refractivity contribution >= 4 is 5.78 Å². The van der Waals surface area contributed by atoms with Crippen molar-refractivity contribution in [2.45, 2.75) is 32.1 Å². The molecule has 4 heteroatoms. The number of hydrogen-bond acceptors (Lipinski definition) is 4. The number of rotatable bonds is 6. The van der Waals surface area contributed by atoms with Gasteiger partial charge in [-0.25, -0.2) is 0 Å². The van der Waals surface area contributed by atoms with E-state index >= 15 is 0 Å². The first-order valence-electron chi connectivity index (χ1n) is 11.8. The van der Waals surface area contributed by atoms with Gasteiger partial charge >= 0.3 is 0 Å². The molecule has 0 bridgehead atoms. The highest BCUT2D eigenvalue weighted by Gasteiger charge is 2.34. The standard InChI is InChI=1S/C24H29NO3/c1-27-22-14-19-13-20(24(26)21(19)15-23(22)28-2)12-17-8-10-25(11-9-17)16-18-6-4-3-5-7-18/h3-7,14-15,17,20H,8-13,16H2,1-2H3/i12D2,16D2. The Morgan fingerprint density at radius 1 is 1.07 bits per heavy atom. The first kappa shape index (κ1) is 14.6. The van der Waals surface area contributed by atoms with Crippen molar-refractivity contribution in [3.63, 3.8) is 0 Å². The summed E-state index contributed by atoms with van der Waals surface area (Å²) in [7, 11) is 3.06. The van der Waals surface area contributed by atoms with E-state index in [0.717, 1.165) is 5.56 Å². The molecule has 0 aromatic heterocycles. The fourth-order valence-electron chi connectivity index (χ4n) is 4.09. The van der Waals surface area contributed by atoms with Gasteiger partial charge in [-0.15, -0.1) is 0 Å². The average molecular weight is 384 g/mol. The van der Waals surface area contributed by atoms with Gasteiger partial charge in [0.25, 0.3) is 0 Å². The summed E-state index contributed by atoms with van der Waals surface area (Å²) in [5.74, 6) is -0.240. The highest BCUT2D eigenvalue weighted by molar-refractivity contribution is 6.02. The lowest BCUT2D eigenvalue weighted by atomic mass is 9.85. The number of Topliss-reactive ketones (excluding diaryl/α,β-unsaturated/α-hetero) is 1. The fraction of sp³-hybridized carbons (Fsp3) is 0.458. The maximum absolute atomic E-state index is 13.2. The molecule has 4 rings (SSSR count). The number of ketones is 1. The van der Waals surface area contributed by atoms with E-state index in [-0.39, 0.29) is 11.7 Å². The molecule has 1 aliphatic heterocycles. The van der Waals surface area contributed by atoms with Crippen LogP contribution in [0.15, 0.2) is 42.5 Å². The van der Waals surface area contributed by atoms with Crippen molar-refractivity contribution in [3.8, 4) is 11.5 Å². The van der Waals surface area contributed by atoms with E-state index in [1.807, 2.05) is 18.2 Å². The largest absolute Gasteiger partial charge is 0.493 e. The lowest BCUT2D eigenvalue weighted by molar-refractivity contribution is 0.0895. The van der Waals surface area contributed by atoms with Crippen LogP contribution in [0.25, 0.3) is 0 Å². The van der Waals surface area contributed by atoms with E-state index in [1.54, 1.807) is 36.3 Å². The van der Waals surface area contributed by atoms with Crippen LogP contribution in [-0.2, 0) is 12.9 Å². The first-order chi connectivity index (χ1) is 15.2. The summed E-state index contributed by atoms with van der Waals surface area (Å²) in [4.78, 5) is 14.9. The quantitative estimate of drug-likeness (QED) is 0.743. The molecule has 0 radical (unpaired) electrons.